The number of hydrogen-bond acceptors (Lipinski definition) is 5. The van der Waals surface area contributed by atoms with Crippen molar-refractivity contribution < 1.29 is 4.74 Å². The second kappa shape index (κ2) is 7.66. The molecule has 0 unspecified atom stereocenters. The highest BCUT2D eigenvalue weighted by molar-refractivity contribution is 5.75. The SMILES string of the molecule is COc1ccc(-c2nccn2CCN2CCCC2)cc1-c1cncnc1. The summed E-state index contributed by atoms with van der Waals surface area (Å²) in [5, 5.41) is 0. The molecule has 4 rings (SSSR count). The Morgan fingerprint density at radius 3 is 2.62 bits per heavy atom. The van der Waals surface area contributed by atoms with Gasteiger partial charge in [-0.1, -0.05) is 0 Å². The Hall–Kier alpha value is -2.73. The maximum atomic E-state index is 5.53. The van der Waals surface area contributed by atoms with Gasteiger partial charge < -0.3 is 14.2 Å². The molecule has 2 aromatic heterocycles. The van der Waals surface area contributed by atoms with E-state index in [4.69, 9.17) is 4.74 Å². The first kappa shape index (κ1) is 16.7. The average Bonchev–Trinajstić information content (AvgIpc) is 3.38. The van der Waals surface area contributed by atoms with E-state index in [0.717, 1.165) is 41.4 Å². The van der Waals surface area contributed by atoms with Crippen molar-refractivity contribution in [1.82, 2.24) is 24.4 Å². The lowest BCUT2D eigenvalue weighted by atomic mass is 10.0. The van der Waals surface area contributed by atoms with E-state index in [2.05, 4.69) is 42.7 Å². The van der Waals surface area contributed by atoms with Gasteiger partial charge in [0.1, 0.15) is 17.9 Å². The molecule has 134 valence electrons. The van der Waals surface area contributed by atoms with Crippen LogP contribution in [0, 0.1) is 0 Å². The summed E-state index contributed by atoms with van der Waals surface area (Å²) in [6.07, 6.45) is 11.7. The van der Waals surface area contributed by atoms with Crippen molar-refractivity contribution in [1.29, 1.82) is 0 Å². The Morgan fingerprint density at radius 1 is 1.04 bits per heavy atom. The molecule has 6 nitrogen and oxygen atoms in total. The van der Waals surface area contributed by atoms with Crippen LogP contribution in [0.1, 0.15) is 12.8 Å². The summed E-state index contributed by atoms with van der Waals surface area (Å²) in [6.45, 7) is 4.44. The van der Waals surface area contributed by atoms with Crippen molar-refractivity contribution >= 4 is 0 Å². The van der Waals surface area contributed by atoms with E-state index in [1.165, 1.54) is 32.3 Å². The van der Waals surface area contributed by atoms with E-state index in [0.29, 0.717) is 0 Å². The van der Waals surface area contributed by atoms with Crippen LogP contribution in [0.4, 0.5) is 0 Å². The van der Waals surface area contributed by atoms with E-state index >= 15 is 0 Å². The van der Waals surface area contributed by atoms with Gasteiger partial charge in [-0.05, 0) is 44.1 Å². The molecular weight excluding hydrogens is 326 g/mol. The summed E-state index contributed by atoms with van der Waals surface area (Å²) in [5.41, 5.74) is 2.97. The van der Waals surface area contributed by atoms with E-state index < -0.39 is 0 Å². The van der Waals surface area contributed by atoms with Gasteiger partial charge in [-0.15, -0.1) is 0 Å². The van der Waals surface area contributed by atoms with Crippen molar-refractivity contribution in [2.45, 2.75) is 19.4 Å². The highest BCUT2D eigenvalue weighted by Crippen LogP contribution is 2.33. The fourth-order valence-corrected chi connectivity index (χ4v) is 3.52. The fraction of sp³-hybridized carbons (Fsp3) is 0.350. The number of benzene rings is 1. The number of imidazole rings is 1. The number of rotatable bonds is 6. The first-order chi connectivity index (χ1) is 12.8. The van der Waals surface area contributed by atoms with Gasteiger partial charge in [-0.25, -0.2) is 15.0 Å². The second-order valence-electron chi connectivity index (χ2n) is 6.54. The van der Waals surface area contributed by atoms with Gasteiger partial charge in [-0.2, -0.15) is 0 Å². The summed E-state index contributed by atoms with van der Waals surface area (Å²) in [4.78, 5) is 15.4. The number of likely N-dealkylation sites (tertiary alicyclic amines) is 1. The number of aromatic nitrogens is 4. The minimum atomic E-state index is 0.804. The molecule has 0 bridgehead atoms. The number of hydrogen-bond donors (Lipinski definition) is 0. The van der Waals surface area contributed by atoms with E-state index in [1.54, 1.807) is 19.5 Å². The predicted molar refractivity (Wildman–Crippen MR) is 101 cm³/mol. The third-order valence-corrected chi connectivity index (χ3v) is 4.90. The van der Waals surface area contributed by atoms with Gasteiger partial charge in [0.15, 0.2) is 0 Å². The molecule has 1 aromatic carbocycles. The molecule has 1 fully saturated rings. The lowest BCUT2D eigenvalue weighted by Gasteiger charge is -2.16. The molecule has 3 aromatic rings. The maximum Gasteiger partial charge on any atom is 0.139 e. The number of nitrogens with zero attached hydrogens (tertiary/aromatic N) is 5. The van der Waals surface area contributed by atoms with Crippen molar-refractivity contribution in [3.8, 4) is 28.3 Å². The van der Waals surface area contributed by atoms with Gasteiger partial charge in [0.25, 0.3) is 0 Å². The fourth-order valence-electron chi connectivity index (χ4n) is 3.52. The van der Waals surface area contributed by atoms with Gasteiger partial charge in [0.05, 0.1) is 7.11 Å². The minimum Gasteiger partial charge on any atom is -0.496 e. The Labute approximate surface area is 153 Å². The van der Waals surface area contributed by atoms with Crippen LogP contribution in [0.15, 0.2) is 49.3 Å². The van der Waals surface area contributed by atoms with Crippen LogP contribution < -0.4 is 4.74 Å². The summed E-state index contributed by atoms with van der Waals surface area (Å²) in [7, 11) is 1.68. The largest absolute Gasteiger partial charge is 0.496 e. The topological polar surface area (TPSA) is 56.1 Å². The molecule has 0 amide bonds. The minimum absolute atomic E-state index is 0.804. The molecule has 3 heterocycles. The quantitative estimate of drug-likeness (QED) is 0.684. The molecule has 1 aliphatic rings. The summed E-state index contributed by atoms with van der Waals surface area (Å²) < 4.78 is 7.76. The molecule has 0 N–H and O–H groups in total. The summed E-state index contributed by atoms with van der Waals surface area (Å²) >= 11 is 0. The zero-order valence-corrected chi connectivity index (χ0v) is 15.0. The number of methoxy groups -OCH3 is 1. The third-order valence-electron chi connectivity index (χ3n) is 4.90. The lowest BCUT2D eigenvalue weighted by molar-refractivity contribution is 0.323. The van der Waals surface area contributed by atoms with Crippen LogP contribution in [-0.4, -0.2) is 51.2 Å². The van der Waals surface area contributed by atoms with Crippen LogP contribution in [0.25, 0.3) is 22.5 Å². The molecule has 0 saturated carbocycles. The van der Waals surface area contributed by atoms with Crippen molar-refractivity contribution in [2.75, 3.05) is 26.7 Å². The van der Waals surface area contributed by atoms with Crippen molar-refractivity contribution in [2.24, 2.45) is 0 Å². The van der Waals surface area contributed by atoms with Crippen LogP contribution in [0.5, 0.6) is 5.75 Å². The van der Waals surface area contributed by atoms with Gasteiger partial charge in [0, 0.05) is 54.6 Å². The summed E-state index contributed by atoms with van der Waals surface area (Å²) in [6, 6.07) is 6.14. The Balaban J connectivity index is 1.63. The van der Waals surface area contributed by atoms with Crippen LogP contribution in [-0.2, 0) is 6.54 Å². The Kier molecular flexibility index (Phi) is 4.93. The zero-order valence-electron chi connectivity index (χ0n) is 15.0. The van der Waals surface area contributed by atoms with Gasteiger partial charge in [-0.3, -0.25) is 0 Å². The Morgan fingerprint density at radius 2 is 1.85 bits per heavy atom. The van der Waals surface area contributed by atoms with Crippen LogP contribution >= 0.6 is 0 Å². The lowest BCUT2D eigenvalue weighted by Crippen LogP contribution is -2.24. The molecule has 1 saturated heterocycles. The van der Waals surface area contributed by atoms with Crippen molar-refractivity contribution in [3.63, 3.8) is 0 Å². The predicted octanol–water partition coefficient (Wildman–Crippen LogP) is 3.11. The Bertz CT molecular complexity index is 856. The van der Waals surface area contributed by atoms with Gasteiger partial charge in [0.2, 0.25) is 0 Å². The molecule has 26 heavy (non-hydrogen) atoms. The third kappa shape index (κ3) is 3.46. The number of ether oxygens (including phenoxy) is 1. The molecule has 1 aliphatic heterocycles. The highest BCUT2D eigenvalue weighted by atomic mass is 16.5. The average molecular weight is 349 g/mol. The monoisotopic (exact) mass is 349 g/mol. The second-order valence-corrected chi connectivity index (χ2v) is 6.54. The van der Waals surface area contributed by atoms with Gasteiger partial charge >= 0.3 is 0 Å². The summed E-state index contributed by atoms with van der Waals surface area (Å²) in [5.74, 6) is 1.78. The first-order valence-corrected chi connectivity index (χ1v) is 9.02. The van der Waals surface area contributed by atoms with Crippen LogP contribution in [0.3, 0.4) is 0 Å². The first-order valence-electron chi connectivity index (χ1n) is 9.02. The molecular formula is C20H23N5O. The molecule has 6 heteroatoms. The normalized spacial score (nSPS) is 14.7. The maximum absolute atomic E-state index is 5.53. The van der Waals surface area contributed by atoms with E-state index in [9.17, 15) is 0 Å². The highest BCUT2D eigenvalue weighted by Gasteiger charge is 2.14. The molecule has 0 radical (unpaired) electrons. The molecule has 0 spiro atoms. The van der Waals surface area contributed by atoms with E-state index in [-0.39, 0.29) is 0 Å². The smallest absolute Gasteiger partial charge is 0.139 e. The van der Waals surface area contributed by atoms with Crippen LogP contribution in [0.2, 0.25) is 0 Å². The van der Waals surface area contributed by atoms with Crippen molar-refractivity contribution in [3.05, 3.63) is 49.3 Å². The zero-order chi connectivity index (χ0) is 17.8. The molecule has 0 aliphatic carbocycles. The standard InChI is InChI=1S/C20H23N5O/c1-26-19-5-4-16(12-18(19)17-13-21-15-22-14-17)20-23-6-9-25(20)11-10-24-7-2-3-8-24/h4-6,9,12-15H,2-3,7-8,10-11H2,1H3. The van der Waals surface area contributed by atoms with E-state index in [1.807, 2.05) is 12.3 Å². The molecule has 0 atom stereocenters.